The molecular weight excluding hydrogens is 258 g/mol. The lowest BCUT2D eigenvalue weighted by Gasteiger charge is -1.99. The maximum Gasteiger partial charge on any atom is 0.284 e. The molecule has 0 aliphatic rings. The van der Waals surface area contributed by atoms with Crippen LogP contribution >= 0.6 is 15.9 Å². The molecule has 0 saturated heterocycles. The molecule has 2 rings (SSSR count). The molecule has 0 saturated carbocycles. The second-order valence-electron chi connectivity index (χ2n) is 2.99. The lowest BCUT2D eigenvalue weighted by Crippen LogP contribution is -2.12. The van der Waals surface area contributed by atoms with E-state index < -0.39 is 5.91 Å². The number of carbonyl (C=O) groups is 1. The standard InChI is InChI=1S/C10H8BrN3O/c11-7-4-2-1-3-6(7)8-5-13-10(14-8)9(12)15/h1-5H,(H2,12,15)(H,13,14). The number of rotatable bonds is 2. The van der Waals surface area contributed by atoms with Crippen molar-refractivity contribution in [3.63, 3.8) is 0 Å². The number of carbonyl (C=O) groups excluding carboxylic acids is 1. The highest BCUT2D eigenvalue weighted by Gasteiger charge is 2.08. The van der Waals surface area contributed by atoms with Crippen molar-refractivity contribution in [1.29, 1.82) is 0 Å². The predicted molar refractivity (Wildman–Crippen MR) is 60.2 cm³/mol. The number of hydrogen-bond donors (Lipinski definition) is 2. The minimum absolute atomic E-state index is 0.167. The average Bonchev–Trinajstić information content (AvgIpc) is 2.67. The van der Waals surface area contributed by atoms with Gasteiger partial charge in [0.05, 0.1) is 11.9 Å². The van der Waals surface area contributed by atoms with E-state index in [2.05, 4.69) is 25.9 Å². The Labute approximate surface area is 94.7 Å². The van der Waals surface area contributed by atoms with E-state index >= 15 is 0 Å². The molecule has 0 radical (unpaired) electrons. The Balaban J connectivity index is 2.46. The number of nitrogens with two attached hydrogens (primary N) is 1. The van der Waals surface area contributed by atoms with Gasteiger partial charge in [-0.1, -0.05) is 34.1 Å². The number of nitrogens with one attached hydrogen (secondary N) is 1. The van der Waals surface area contributed by atoms with Crippen molar-refractivity contribution >= 4 is 21.8 Å². The van der Waals surface area contributed by atoms with Gasteiger partial charge < -0.3 is 10.7 Å². The highest BCUT2D eigenvalue weighted by Crippen LogP contribution is 2.26. The van der Waals surface area contributed by atoms with Crippen LogP contribution in [0.4, 0.5) is 0 Å². The third-order valence-electron chi connectivity index (χ3n) is 1.97. The van der Waals surface area contributed by atoms with Gasteiger partial charge in [-0.15, -0.1) is 0 Å². The summed E-state index contributed by atoms with van der Waals surface area (Å²) in [6, 6.07) is 7.66. The highest BCUT2D eigenvalue weighted by atomic mass is 79.9. The van der Waals surface area contributed by atoms with E-state index in [0.717, 1.165) is 15.7 Å². The summed E-state index contributed by atoms with van der Waals surface area (Å²) in [5.74, 6) is -0.394. The fourth-order valence-corrected chi connectivity index (χ4v) is 1.76. The number of benzene rings is 1. The molecule has 5 heteroatoms. The summed E-state index contributed by atoms with van der Waals surface area (Å²) >= 11 is 3.42. The molecule has 1 aromatic heterocycles. The zero-order valence-electron chi connectivity index (χ0n) is 7.70. The Hall–Kier alpha value is -1.62. The summed E-state index contributed by atoms with van der Waals surface area (Å²) in [7, 11) is 0. The molecule has 1 heterocycles. The van der Waals surface area contributed by atoms with Crippen LogP contribution in [0.2, 0.25) is 0 Å². The fourth-order valence-electron chi connectivity index (χ4n) is 1.26. The quantitative estimate of drug-likeness (QED) is 0.871. The lowest BCUT2D eigenvalue weighted by molar-refractivity contribution is 0.0991. The van der Waals surface area contributed by atoms with E-state index in [-0.39, 0.29) is 5.82 Å². The molecule has 76 valence electrons. The van der Waals surface area contributed by atoms with Gasteiger partial charge in [-0.05, 0) is 6.07 Å². The first-order valence-electron chi connectivity index (χ1n) is 4.28. The maximum absolute atomic E-state index is 10.8. The van der Waals surface area contributed by atoms with Crippen molar-refractivity contribution in [3.8, 4) is 11.3 Å². The van der Waals surface area contributed by atoms with Crippen molar-refractivity contribution in [2.75, 3.05) is 0 Å². The predicted octanol–water partition coefficient (Wildman–Crippen LogP) is 1.94. The molecule has 0 atom stereocenters. The van der Waals surface area contributed by atoms with Gasteiger partial charge in [-0.2, -0.15) is 0 Å². The summed E-state index contributed by atoms with van der Waals surface area (Å²) < 4.78 is 0.935. The number of hydrogen-bond acceptors (Lipinski definition) is 2. The maximum atomic E-state index is 10.8. The van der Waals surface area contributed by atoms with Gasteiger partial charge in [0.2, 0.25) is 0 Å². The second kappa shape index (κ2) is 3.86. The van der Waals surface area contributed by atoms with Crippen molar-refractivity contribution in [2.45, 2.75) is 0 Å². The Bertz CT molecular complexity index is 507. The molecule has 2 aromatic rings. The van der Waals surface area contributed by atoms with Crippen LogP contribution in [0, 0.1) is 0 Å². The molecule has 0 bridgehead atoms. The van der Waals surface area contributed by atoms with Crippen LogP contribution in [-0.2, 0) is 0 Å². The Kier molecular flexibility index (Phi) is 2.55. The number of aromatic nitrogens is 2. The monoisotopic (exact) mass is 265 g/mol. The van der Waals surface area contributed by atoms with Crippen molar-refractivity contribution < 1.29 is 4.79 Å². The number of imidazole rings is 1. The molecular formula is C10H8BrN3O. The summed E-state index contributed by atoms with van der Waals surface area (Å²) in [6.07, 6.45) is 1.58. The number of nitrogens with zero attached hydrogens (tertiary/aromatic N) is 1. The highest BCUT2D eigenvalue weighted by molar-refractivity contribution is 9.10. The van der Waals surface area contributed by atoms with Crippen molar-refractivity contribution in [2.24, 2.45) is 5.73 Å². The Morgan fingerprint density at radius 1 is 1.40 bits per heavy atom. The van der Waals surface area contributed by atoms with Gasteiger partial charge in [0.25, 0.3) is 5.91 Å². The molecule has 0 unspecified atom stereocenters. The number of amides is 1. The van der Waals surface area contributed by atoms with Gasteiger partial charge >= 0.3 is 0 Å². The number of primary amides is 1. The topological polar surface area (TPSA) is 71.8 Å². The van der Waals surface area contributed by atoms with Crippen molar-refractivity contribution in [1.82, 2.24) is 9.97 Å². The minimum atomic E-state index is -0.562. The smallest absolute Gasteiger partial charge is 0.284 e. The first-order chi connectivity index (χ1) is 7.18. The SMILES string of the molecule is NC(=O)c1ncc(-c2ccccc2Br)[nH]1. The largest absolute Gasteiger partial charge is 0.363 e. The number of H-pyrrole nitrogens is 1. The van der Waals surface area contributed by atoms with E-state index in [1.54, 1.807) is 6.20 Å². The van der Waals surface area contributed by atoms with Crippen LogP contribution in [0.5, 0.6) is 0 Å². The summed E-state index contributed by atoms with van der Waals surface area (Å²) in [4.78, 5) is 17.6. The molecule has 1 amide bonds. The first-order valence-corrected chi connectivity index (χ1v) is 5.07. The molecule has 3 N–H and O–H groups in total. The van der Waals surface area contributed by atoms with E-state index in [1.165, 1.54) is 0 Å². The van der Waals surface area contributed by atoms with E-state index in [9.17, 15) is 4.79 Å². The van der Waals surface area contributed by atoms with E-state index in [0.29, 0.717) is 0 Å². The molecule has 0 fully saturated rings. The van der Waals surface area contributed by atoms with Gasteiger partial charge in [-0.3, -0.25) is 4.79 Å². The van der Waals surface area contributed by atoms with Crippen LogP contribution in [0.15, 0.2) is 34.9 Å². The van der Waals surface area contributed by atoms with Gasteiger partial charge in [0.15, 0.2) is 5.82 Å². The van der Waals surface area contributed by atoms with E-state index in [4.69, 9.17) is 5.73 Å². The number of aromatic amines is 1. The van der Waals surface area contributed by atoms with Crippen molar-refractivity contribution in [3.05, 3.63) is 40.8 Å². The molecule has 0 aliphatic heterocycles. The normalized spacial score (nSPS) is 10.2. The molecule has 4 nitrogen and oxygen atoms in total. The first kappa shape index (κ1) is 9.92. The van der Waals surface area contributed by atoms with Gasteiger partial charge in [0, 0.05) is 10.0 Å². The Morgan fingerprint density at radius 3 is 2.73 bits per heavy atom. The van der Waals surface area contributed by atoms with Gasteiger partial charge in [0.1, 0.15) is 0 Å². The average molecular weight is 266 g/mol. The third-order valence-corrected chi connectivity index (χ3v) is 2.66. The van der Waals surface area contributed by atoms with Gasteiger partial charge in [-0.25, -0.2) is 4.98 Å². The summed E-state index contributed by atoms with van der Waals surface area (Å²) in [5.41, 5.74) is 6.80. The van der Waals surface area contributed by atoms with Crippen LogP contribution < -0.4 is 5.73 Å². The molecule has 0 aliphatic carbocycles. The van der Waals surface area contributed by atoms with Crippen LogP contribution in [0.25, 0.3) is 11.3 Å². The lowest BCUT2D eigenvalue weighted by atomic mass is 10.2. The van der Waals surface area contributed by atoms with Crippen LogP contribution in [-0.4, -0.2) is 15.9 Å². The zero-order chi connectivity index (χ0) is 10.8. The van der Waals surface area contributed by atoms with Crippen LogP contribution in [0.3, 0.4) is 0 Å². The molecule has 1 aromatic carbocycles. The summed E-state index contributed by atoms with van der Waals surface area (Å²) in [6.45, 7) is 0. The van der Waals surface area contributed by atoms with E-state index in [1.807, 2.05) is 24.3 Å². The summed E-state index contributed by atoms with van der Waals surface area (Å²) in [5, 5.41) is 0. The second-order valence-corrected chi connectivity index (χ2v) is 3.84. The van der Waals surface area contributed by atoms with Crippen LogP contribution in [0.1, 0.15) is 10.6 Å². The number of halogens is 1. The zero-order valence-corrected chi connectivity index (χ0v) is 9.28. The third kappa shape index (κ3) is 1.92. The molecule has 15 heavy (non-hydrogen) atoms. The molecule has 0 spiro atoms. The Morgan fingerprint density at radius 2 is 2.13 bits per heavy atom. The minimum Gasteiger partial charge on any atom is -0.363 e. The fraction of sp³-hybridized carbons (Fsp3) is 0.